The van der Waals surface area contributed by atoms with Crippen LogP contribution in [0.25, 0.3) is 0 Å². The molecule has 0 aliphatic carbocycles. The van der Waals surface area contributed by atoms with E-state index < -0.39 is 10.0 Å². The van der Waals surface area contributed by atoms with Gasteiger partial charge in [-0.2, -0.15) is 0 Å². The van der Waals surface area contributed by atoms with Crippen LogP contribution < -0.4 is 4.72 Å². The minimum absolute atomic E-state index is 0.0660. The monoisotopic (exact) mass is 422 g/mol. The van der Waals surface area contributed by atoms with E-state index in [0.29, 0.717) is 14.6 Å². The molecule has 0 bridgehead atoms. The van der Waals surface area contributed by atoms with Gasteiger partial charge in [0.25, 0.3) is 15.9 Å². The molecule has 0 spiro atoms. The van der Waals surface area contributed by atoms with Gasteiger partial charge in [0.1, 0.15) is 9.37 Å². The van der Waals surface area contributed by atoms with Crippen LogP contribution in [0.2, 0.25) is 0 Å². The lowest BCUT2D eigenvalue weighted by molar-refractivity contribution is 0.430. The van der Waals surface area contributed by atoms with Crippen molar-refractivity contribution < 1.29 is 12.9 Å². The maximum Gasteiger partial charge on any atom is 0.265 e. The minimum atomic E-state index is -3.75. The Morgan fingerprint density at radius 3 is 2.60 bits per heavy atom. The lowest BCUT2D eigenvalue weighted by Crippen LogP contribution is -2.13. The summed E-state index contributed by atoms with van der Waals surface area (Å²) in [5.41, 5.74) is 1.51. The number of anilines is 1. The first-order chi connectivity index (χ1) is 9.35. The van der Waals surface area contributed by atoms with Gasteiger partial charge in [-0.05, 0) is 62.9 Å². The van der Waals surface area contributed by atoms with E-state index in [4.69, 9.17) is 4.52 Å². The Kier molecular flexibility index (Phi) is 4.55. The quantitative estimate of drug-likeness (QED) is 0.809. The number of sulfonamides is 1. The van der Waals surface area contributed by atoms with Crippen LogP contribution in [-0.4, -0.2) is 13.6 Å². The average Bonchev–Trinajstić information content (AvgIpc) is 2.70. The van der Waals surface area contributed by atoms with Crippen molar-refractivity contribution in [2.45, 2.75) is 25.2 Å². The summed E-state index contributed by atoms with van der Waals surface area (Å²) in [4.78, 5) is 0.165. The van der Waals surface area contributed by atoms with Crippen LogP contribution in [0.3, 0.4) is 0 Å². The second-order valence-corrected chi connectivity index (χ2v) is 7.43. The highest BCUT2D eigenvalue weighted by atomic mass is 79.9. The van der Waals surface area contributed by atoms with Gasteiger partial charge >= 0.3 is 0 Å². The second kappa shape index (κ2) is 5.87. The normalized spacial score (nSPS) is 11.6. The second-order valence-electron chi connectivity index (χ2n) is 4.13. The fourth-order valence-corrected chi connectivity index (χ4v) is 3.96. The summed E-state index contributed by atoms with van der Waals surface area (Å²) in [5.74, 6) is 0.0660. The Morgan fingerprint density at radius 1 is 1.35 bits per heavy atom. The molecular formula is C12H12Br2N2O3S. The summed E-state index contributed by atoms with van der Waals surface area (Å²) in [5, 5.41) is 3.69. The van der Waals surface area contributed by atoms with Gasteiger partial charge in [0.05, 0.1) is 5.69 Å². The van der Waals surface area contributed by atoms with Gasteiger partial charge in [0, 0.05) is 4.47 Å². The van der Waals surface area contributed by atoms with E-state index in [1.165, 1.54) is 0 Å². The average molecular weight is 424 g/mol. The van der Waals surface area contributed by atoms with Gasteiger partial charge in [0.15, 0.2) is 0 Å². The maximum atomic E-state index is 12.4. The number of hydrogen-bond acceptors (Lipinski definition) is 4. The van der Waals surface area contributed by atoms with Crippen LogP contribution in [0.5, 0.6) is 0 Å². The predicted molar refractivity (Wildman–Crippen MR) is 83.3 cm³/mol. The van der Waals surface area contributed by atoms with Crippen molar-refractivity contribution in [1.82, 2.24) is 5.16 Å². The number of hydrogen-bond donors (Lipinski definition) is 1. The molecule has 1 aromatic heterocycles. The van der Waals surface area contributed by atoms with E-state index in [0.717, 1.165) is 12.0 Å². The molecule has 0 amide bonds. The third kappa shape index (κ3) is 3.07. The third-order valence-electron chi connectivity index (χ3n) is 2.71. The zero-order valence-corrected chi connectivity index (χ0v) is 14.8. The van der Waals surface area contributed by atoms with Crippen LogP contribution in [-0.2, 0) is 16.4 Å². The van der Waals surface area contributed by atoms with E-state index in [1.807, 2.05) is 13.0 Å². The molecule has 0 aliphatic rings. The van der Waals surface area contributed by atoms with Crippen molar-refractivity contribution >= 4 is 47.8 Å². The predicted octanol–water partition coefficient (Wildman–Crippen LogP) is 3.87. The van der Waals surface area contributed by atoms with Gasteiger partial charge in [-0.15, -0.1) is 0 Å². The molecule has 0 unspecified atom stereocenters. The van der Waals surface area contributed by atoms with Crippen LogP contribution in [0.1, 0.15) is 18.2 Å². The Balaban J connectivity index is 2.43. The molecule has 5 nitrogen and oxygen atoms in total. The topological polar surface area (TPSA) is 72.2 Å². The molecule has 2 rings (SSSR count). The lowest BCUT2D eigenvalue weighted by atomic mass is 10.2. The first-order valence-electron chi connectivity index (χ1n) is 5.78. The van der Waals surface area contributed by atoms with Crippen molar-refractivity contribution in [3.8, 4) is 0 Å². The summed E-state index contributed by atoms with van der Waals surface area (Å²) in [6.07, 6.45) is 0.751. The number of aromatic nitrogens is 1. The summed E-state index contributed by atoms with van der Waals surface area (Å²) < 4.78 is 33.1. The first kappa shape index (κ1) is 15.5. The van der Waals surface area contributed by atoms with Gasteiger partial charge in [0.2, 0.25) is 0 Å². The van der Waals surface area contributed by atoms with Gasteiger partial charge in [-0.3, -0.25) is 0 Å². The number of halogens is 2. The van der Waals surface area contributed by atoms with Crippen molar-refractivity contribution in [1.29, 1.82) is 0 Å². The van der Waals surface area contributed by atoms with Crippen molar-refractivity contribution in [2.75, 3.05) is 4.72 Å². The Morgan fingerprint density at radius 2 is 2.05 bits per heavy atom. The standard InChI is InChI=1S/C12H12Br2N2O3S/c1-3-8-4-5-9(13)10(6-8)20(17,18)16-12-11(14)7(2)15-19-12/h4-6,16H,3H2,1-2H3. The molecule has 108 valence electrons. The minimum Gasteiger partial charge on any atom is -0.336 e. The molecule has 0 aliphatic heterocycles. The van der Waals surface area contributed by atoms with Gasteiger partial charge in [-0.25, -0.2) is 13.1 Å². The Bertz CT molecular complexity index is 741. The number of rotatable bonds is 4. The largest absolute Gasteiger partial charge is 0.336 e. The highest BCUT2D eigenvalue weighted by molar-refractivity contribution is 9.11. The van der Waals surface area contributed by atoms with E-state index in [1.54, 1.807) is 19.1 Å². The van der Waals surface area contributed by atoms with Crippen LogP contribution >= 0.6 is 31.9 Å². The number of nitrogens with zero attached hydrogens (tertiary/aromatic N) is 1. The Hall–Kier alpha value is -0.860. The Labute approximate surface area is 134 Å². The highest BCUT2D eigenvalue weighted by Crippen LogP contribution is 2.30. The molecule has 1 N–H and O–H groups in total. The summed E-state index contributed by atoms with van der Waals surface area (Å²) in [7, 11) is -3.75. The fourth-order valence-electron chi connectivity index (χ4n) is 1.57. The lowest BCUT2D eigenvalue weighted by Gasteiger charge is -2.09. The van der Waals surface area contributed by atoms with Gasteiger partial charge in [-0.1, -0.05) is 18.1 Å². The molecule has 0 saturated carbocycles. The molecule has 2 aromatic rings. The van der Waals surface area contributed by atoms with Crippen molar-refractivity contribution in [3.05, 3.63) is 38.4 Å². The summed E-state index contributed by atoms with van der Waals surface area (Å²) >= 11 is 6.48. The molecule has 1 aromatic carbocycles. The fraction of sp³-hybridized carbons (Fsp3) is 0.250. The molecule has 20 heavy (non-hydrogen) atoms. The van der Waals surface area contributed by atoms with Crippen LogP contribution in [0.15, 0.2) is 36.6 Å². The van der Waals surface area contributed by atoms with E-state index in [-0.39, 0.29) is 10.8 Å². The van der Waals surface area contributed by atoms with Crippen LogP contribution in [0.4, 0.5) is 5.88 Å². The van der Waals surface area contributed by atoms with E-state index in [2.05, 4.69) is 41.7 Å². The number of nitrogens with one attached hydrogen (secondary N) is 1. The molecule has 0 fully saturated rings. The summed E-state index contributed by atoms with van der Waals surface area (Å²) in [6, 6.07) is 5.22. The number of benzene rings is 1. The SMILES string of the molecule is CCc1ccc(Br)c(S(=O)(=O)Nc2onc(C)c2Br)c1. The highest BCUT2D eigenvalue weighted by Gasteiger charge is 2.22. The molecular weight excluding hydrogens is 412 g/mol. The van der Waals surface area contributed by atoms with E-state index >= 15 is 0 Å². The van der Waals surface area contributed by atoms with Crippen molar-refractivity contribution in [3.63, 3.8) is 0 Å². The smallest absolute Gasteiger partial charge is 0.265 e. The molecule has 8 heteroatoms. The molecule has 1 heterocycles. The summed E-state index contributed by atoms with van der Waals surface area (Å²) in [6.45, 7) is 3.67. The molecule has 0 saturated heterocycles. The number of aryl methyl sites for hydroxylation is 2. The van der Waals surface area contributed by atoms with Gasteiger partial charge < -0.3 is 4.52 Å². The van der Waals surface area contributed by atoms with Crippen LogP contribution in [0, 0.1) is 6.92 Å². The van der Waals surface area contributed by atoms with Crippen molar-refractivity contribution in [2.24, 2.45) is 0 Å². The third-order valence-corrected chi connectivity index (χ3v) is 5.97. The zero-order chi connectivity index (χ0) is 14.9. The van der Waals surface area contributed by atoms with E-state index in [9.17, 15) is 8.42 Å². The molecule has 0 atom stereocenters. The maximum absolute atomic E-state index is 12.4. The zero-order valence-electron chi connectivity index (χ0n) is 10.8. The first-order valence-corrected chi connectivity index (χ1v) is 8.85. The molecule has 0 radical (unpaired) electrons.